The van der Waals surface area contributed by atoms with E-state index in [2.05, 4.69) is 17.6 Å². The normalized spacial score (nSPS) is 12.8. The van der Waals surface area contributed by atoms with Gasteiger partial charge in [0.15, 0.2) is 0 Å². The molecule has 2 amide bonds. The molecule has 26 heavy (non-hydrogen) atoms. The van der Waals surface area contributed by atoms with Crippen LogP contribution in [0.1, 0.15) is 79.1 Å². The van der Waals surface area contributed by atoms with E-state index in [1.807, 2.05) is 13.8 Å². The average molecular weight is 373 g/mol. The minimum absolute atomic E-state index is 0.231. The molecule has 2 N–H and O–H groups in total. The van der Waals surface area contributed by atoms with Crippen molar-refractivity contribution in [1.29, 1.82) is 0 Å². The fraction of sp³-hybridized carbons (Fsp3) is 0.842. The van der Waals surface area contributed by atoms with Crippen LogP contribution in [0.3, 0.4) is 0 Å². The number of hydrogen-bond donors (Lipinski definition) is 2. The number of hydrogen-bond acceptors (Lipinski definition) is 5. The Balaban J connectivity index is 4.63. The first-order valence-electron chi connectivity index (χ1n) is 9.90. The first-order chi connectivity index (χ1) is 12.5. The summed E-state index contributed by atoms with van der Waals surface area (Å²) in [5.41, 5.74) is 0. The van der Waals surface area contributed by atoms with Crippen LogP contribution in [0.15, 0.2) is 0 Å². The maximum absolute atomic E-state index is 12.5. The highest BCUT2D eigenvalue weighted by atomic mass is 16.5. The van der Waals surface area contributed by atoms with Gasteiger partial charge in [-0.2, -0.15) is 0 Å². The second kappa shape index (κ2) is 15.5. The number of carbonyl (C=O) groups is 3. The third-order valence-corrected chi connectivity index (χ3v) is 3.88. The molecule has 2 atom stereocenters. The molecule has 152 valence electrons. The first kappa shape index (κ1) is 24.2. The van der Waals surface area contributed by atoms with Crippen molar-refractivity contribution in [1.82, 2.24) is 10.6 Å². The van der Waals surface area contributed by atoms with E-state index in [9.17, 15) is 14.4 Å². The summed E-state index contributed by atoms with van der Waals surface area (Å²) in [6, 6.07) is -1.42. The van der Waals surface area contributed by atoms with Crippen molar-refractivity contribution in [3.8, 4) is 0 Å². The Morgan fingerprint density at radius 2 is 1.42 bits per heavy atom. The number of rotatable bonds is 14. The van der Waals surface area contributed by atoms with Crippen molar-refractivity contribution >= 4 is 18.0 Å². The van der Waals surface area contributed by atoms with E-state index in [0.29, 0.717) is 25.9 Å². The van der Waals surface area contributed by atoms with Gasteiger partial charge in [0.25, 0.3) is 0 Å². The summed E-state index contributed by atoms with van der Waals surface area (Å²) in [7, 11) is 0. The first-order valence-corrected chi connectivity index (χ1v) is 9.90. The zero-order valence-electron chi connectivity index (χ0n) is 16.8. The summed E-state index contributed by atoms with van der Waals surface area (Å²) in [6.07, 6.45) is 5.87. The van der Waals surface area contributed by atoms with Crippen LogP contribution in [0.5, 0.6) is 0 Å². The molecule has 0 radical (unpaired) electrons. The molecule has 0 heterocycles. The third-order valence-electron chi connectivity index (χ3n) is 3.88. The highest BCUT2D eigenvalue weighted by Gasteiger charge is 2.27. The SMILES string of the molecule is CCCCCCOC(=O)C(CCC)NC(=O)C(CCC)NC(=O)OCC. The number of alkyl carbamates (subject to hydrolysis) is 1. The average Bonchev–Trinajstić information content (AvgIpc) is 2.60. The van der Waals surface area contributed by atoms with Gasteiger partial charge < -0.3 is 20.1 Å². The zero-order chi connectivity index (χ0) is 19.8. The highest BCUT2D eigenvalue weighted by Crippen LogP contribution is 2.05. The Kier molecular flexibility index (Phi) is 14.4. The Morgan fingerprint density at radius 1 is 0.769 bits per heavy atom. The summed E-state index contributed by atoms with van der Waals surface area (Å²) in [5, 5.41) is 5.26. The number of ether oxygens (including phenoxy) is 2. The predicted molar refractivity (Wildman–Crippen MR) is 101 cm³/mol. The van der Waals surface area contributed by atoms with Crippen molar-refractivity contribution in [2.24, 2.45) is 0 Å². The molecule has 0 aromatic heterocycles. The molecule has 0 aliphatic heterocycles. The van der Waals surface area contributed by atoms with E-state index in [4.69, 9.17) is 9.47 Å². The predicted octanol–water partition coefficient (Wildman–Crippen LogP) is 3.31. The molecular weight excluding hydrogens is 336 g/mol. The van der Waals surface area contributed by atoms with E-state index in [0.717, 1.165) is 32.1 Å². The van der Waals surface area contributed by atoms with Gasteiger partial charge in [-0.15, -0.1) is 0 Å². The quantitative estimate of drug-likeness (QED) is 0.360. The van der Waals surface area contributed by atoms with Crippen LogP contribution in [-0.2, 0) is 19.1 Å². The molecule has 0 aliphatic rings. The Hall–Kier alpha value is -1.79. The highest BCUT2D eigenvalue weighted by molar-refractivity contribution is 5.89. The lowest BCUT2D eigenvalue weighted by atomic mass is 10.1. The summed E-state index contributed by atoms with van der Waals surface area (Å²) in [5.74, 6) is -0.802. The van der Waals surface area contributed by atoms with Crippen LogP contribution in [0.2, 0.25) is 0 Å². The van der Waals surface area contributed by atoms with Crippen LogP contribution < -0.4 is 10.6 Å². The van der Waals surface area contributed by atoms with Gasteiger partial charge >= 0.3 is 12.1 Å². The van der Waals surface area contributed by atoms with Gasteiger partial charge in [-0.3, -0.25) is 4.79 Å². The molecule has 0 aromatic rings. The summed E-state index contributed by atoms with van der Waals surface area (Å²) < 4.78 is 10.1. The number of unbranched alkanes of at least 4 members (excludes halogenated alkanes) is 3. The van der Waals surface area contributed by atoms with Crippen molar-refractivity contribution in [2.75, 3.05) is 13.2 Å². The van der Waals surface area contributed by atoms with Crippen molar-refractivity contribution in [3.05, 3.63) is 0 Å². The van der Waals surface area contributed by atoms with Crippen LogP contribution >= 0.6 is 0 Å². The molecule has 0 aliphatic carbocycles. The summed E-state index contributed by atoms with van der Waals surface area (Å²) in [4.78, 5) is 36.3. The van der Waals surface area contributed by atoms with Crippen LogP contribution in [0.4, 0.5) is 4.79 Å². The third kappa shape index (κ3) is 10.9. The summed E-state index contributed by atoms with van der Waals surface area (Å²) in [6.45, 7) is 8.27. The number of amides is 2. The fourth-order valence-corrected chi connectivity index (χ4v) is 2.48. The lowest BCUT2D eigenvalue weighted by molar-refractivity contribution is -0.148. The Bertz CT molecular complexity index is 415. The number of esters is 1. The van der Waals surface area contributed by atoms with Gasteiger partial charge in [0.05, 0.1) is 13.2 Å². The van der Waals surface area contributed by atoms with E-state index in [1.165, 1.54) is 0 Å². The second-order valence-corrected chi connectivity index (χ2v) is 6.28. The molecule has 0 fully saturated rings. The van der Waals surface area contributed by atoms with E-state index in [-0.39, 0.29) is 12.5 Å². The lowest BCUT2D eigenvalue weighted by Gasteiger charge is -2.22. The second-order valence-electron chi connectivity index (χ2n) is 6.28. The van der Waals surface area contributed by atoms with Gasteiger partial charge in [-0.25, -0.2) is 9.59 Å². The zero-order valence-corrected chi connectivity index (χ0v) is 16.8. The standard InChI is InChI=1S/C19H36N2O5/c1-5-9-10-11-14-26-18(23)16(13-7-3)20-17(22)15(12-6-2)21-19(24)25-8-4/h15-16H,5-14H2,1-4H3,(H,20,22)(H,21,24). The van der Waals surface area contributed by atoms with E-state index < -0.39 is 24.1 Å². The molecule has 0 saturated heterocycles. The topological polar surface area (TPSA) is 93.7 Å². The molecule has 0 bridgehead atoms. The minimum Gasteiger partial charge on any atom is -0.464 e. The monoisotopic (exact) mass is 372 g/mol. The van der Waals surface area contributed by atoms with Gasteiger partial charge in [-0.05, 0) is 26.2 Å². The van der Waals surface area contributed by atoms with Crippen LogP contribution in [0, 0.1) is 0 Å². The number of nitrogens with one attached hydrogen (secondary N) is 2. The molecule has 0 rings (SSSR count). The molecule has 0 spiro atoms. The lowest BCUT2D eigenvalue weighted by Crippen LogP contribution is -2.52. The Labute approximate surface area is 157 Å². The van der Waals surface area contributed by atoms with Gasteiger partial charge in [0, 0.05) is 0 Å². The molecule has 7 heteroatoms. The van der Waals surface area contributed by atoms with Crippen molar-refractivity contribution in [3.63, 3.8) is 0 Å². The molecule has 0 saturated carbocycles. The van der Waals surface area contributed by atoms with Gasteiger partial charge in [0.2, 0.25) is 5.91 Å². The maximum atomic E-state index is 12.5. The van der Waals surface area contributed by atoms with E-state index >= 15 is 0 Å². The molecular formula is C19H36N2O5. The van der Waals surface area contributed by atoms with E-state index in [1.54, 1.807) is 6.92 Å². The fourth-order valence-electron chi connectivity index (χ4n) is 2.48. The molecule has 0 aromatic carbocycles. The Morgan fingerprint density at radius 3 is 2.00 bits per heavy atom. The summed E-state index contributed by atoms with van der Waals surface area (Å²) >= 11 is 0. The molecule has 2 unspecified atom stereocenters. The van der Waals surface area contributed by atoms with Gasteiger partial charge in [-0.1, -0.05) is 52.9 Å². The minimum atomic E-state index is -0.726. The molecule has 7 nitrogen and oxygen atoms in total. The van der Waals surface area contributed by atoms with Gasteiger partial charge in [0.1, 0.15) is 12.1 Å². The maximum Gasteiger partial charge on any atom is 0.407 e. The van der Waals surface area contributed by atoms with Crippen molar-refractivity contribution < 1.29 is 23.9 Å². The number of carbonyl (C=O) groups excluding carboxylic acids is 3. The van der Waals surface area contributed by atoms with Crippen LogP contribution in [-0.4, -0.2) is 43.3 Å². The largest absolute Gasteiger partial charge is 0.464 e. The van der Waals surface area contributed by atoms with Crippen molar-refractivity contribution in [2.45, 2.75) is 91.1 Å². The smallest absolute Gasteiger partial charge is 0.407 e. The van der Waals surface area contributed by atoms with Crippen LogP contribution in [0.25, 0.3) is 0 Å².